The van der Waals surface area contributed by atoms with Crippen molar-refractivity contribution in [2.24, 2.45) is 5.73 Å². The predicted octanol–water partition coefficient (Wildman–Crippen LogP) is 1.23. The molecule has 0 aromatic heterocycles. The molecule has 1 aromatic rings. The monoisotopic (exact) mass is 236 g/mol. The topological polar surface area (TPSA) is 64.3 Å². The number of hydrogen-bond donors (Lipinski definition) is 2. The van der Waals surface area contributed by atoms with Crippen molar-refractivity contribution in [2.45, 2.75) is 19.8 Å². The van der Waals surface area contributed by atoms with Crippen LogP contribution in [-0.2, 0) is 4.79 Å². The van der Waals surface area contributed by atoms with Gasteiger partial charge in [-0.3, -0.25) is 4.79 Å². The lowest BCUT2D eigenvalue weighted by atomic mass is 10.2. The lowest BCUT2D eigenvalue weighted by molar-refractivity contribution is -0.121. The van der Waals surface area contributed by atoms with Gasteiger partial charge < -0.3 is 15.8 Å². The summed E-state index contributed by atoms with van der Waals surface area (Å²) in [6.07, 6.45) is 1.19. The predicted molar refractivity (Wildman–Crippen MR) is 68.0 cm³/mol. The Kier molecular flexibility index (Phi) is 6.10. The van der Waals surface area contributed by atoms with Gasteiger partial charge in [-0.15, -0.1) is 0 Å². The maximum atomic E-state index is 11.2. The third-order valence-corrected chi connectivity index (χ3v) is 2.27. The molecule has 0 saturated heterocycles. The van der Waals surface area contributed by atoms with Crippen LogP contribution in [0.15, 0.2) is 24.3 Å². The van der Waals surface area contributed by atoms with Gasteiger partial charge in [0, 0.05) is 19.5 Å². The van der Waals surface area contributed by atoms with Crippen molar-refractivity contribution in [3.8, 4) is 5.75 Å². The summed E-state index contributed by atoms with van der Waals surface area (Å²) in [4.78, 5) is 11.2. The van der Waals surface area contributed by atoms with Crippen LogP contribution in [0, 0.1) is 6.92 Å². The molecule has 4 nitrogen and oxygen atoms in total. The number of hydrogen-bond acceptors (Lipinski definition) is 3. The van der Waals surface area contributed by atoms with E-state index in [0.29, 0.717) is 32.5 Å². The molecule has 0 saturated carbocycles. The van der Waals surface area contributed by atoms with Crippen LogP contribution < -0.4 is 15.8 Å². The summed E-state index contributed by atoms with van der Waals surface area (Å²) in [5.74, 6) is 0.885. The van der Waals surface area contributed by atoms with Gasteiger partial charge in [0.2, 0.25) is 5.91 Å². The number of nitrogens with two attached hydrogens (primary N) is 1. The molecule has 0 atom stereocenters. The first-order valence-corrected chi connectivity index (χ1v) is 5.88. The smallest absolute Gasteiger partial charge is 0.220 e. The summed E-state index contributed by atoms with van der Waals surface area (Å²) in [5, 5.41) is 2.72. The molecule has 0 bridgehead atoms. The molecular weight excluding hydrogens is 216 g/mol. The molecule has 3 N–H and O–H groups in total. The van der Waals surface area contributed by atoms with Gasteiger partial charge in [0.25, 0.3) is 0 Å². The first-order chi connectivity index (χ1) is 8.22. The Morgan fingerprint density at radius 1 is 1.47 bits per heavy atom. The molecule has 0 aliphatic rings. The molecule has 0 aliphatic carbocycles. The van der Waals surface area contributed by atoms with Crippen molar-refractivity contribution < 1.29 is 9.53 Å². The van der Waals surface area contributed by atoms with E-state index in [2.05, 4.69) is 5.32 Å². The van der Waals surface area contributed by atoms with E-state index in [4.69, 9.17) is 10.5 Å². The van der Waals surface area contributed by atoms with E-state index in [1.807, 2.05) is 31.2 Å². The fraction of sp³-hybridized carbons (Fsp3) is 0.462. The standard InChI is InChI=1S/C13H20N2O2/c1-11-4-2-5-12(10-11)17-9-3-6-13(16)15-8-7-14/h2,4-5,10H,3,6-9,14H2,1H3,(H,15,16). The number of benzene rings is 1. The molecular formula is C13H20N2O2. The minimum absolute atomic E-state index is 0.0308. The number of nitrogens with one attached hydrogen (secondary N) is 1. The van der Waals surface area contributed by atoms with E-state index in [9.17, 15) is 4.79 Å². The number of carbonyl (C=O) groups excluding carboxylic acids is 1. The Balaban J connectivity index is 2.14. The Hall–Kier alpha value is -1.55. The highest BCUT2D eigenvalue weighted by Gasteiger charge is 2.00. The lowest BCUT2D eigenvalue weighted by Gasteiger charge is -2.07. The van der Waals surface area contributed by atoms with Gasteiger partial charge in [-0.25, -0.2) is 0 Å². The van der Waals surface area contributed by atoms with E-state index in [1.165, 1.54) is 5.56 Å². The van der Waals surface area contributed by atoms with Crippen molar-refractivity contribution in [1.29, 1.82) is 0 Å². The summed E-state index contributed by atoms with van der Waals surface area (Å²) >= 11 is 0. The van der Waals surface area contributed by atoms with Gasteiger partial charge in [0.05, 0.1) is 6.61 Å². The summed E-state index contributed by atoms with van der Waals surface area (Å²) in [5.41, 5.74) is 6.45. The highest BCUT2D eigenvalue weighted by atomic mass is 16.5. The molecule has 1 aromatic carbocycles. The fourth-order valence-electron chi connectivity index (χ4n) is 1.43. The second-order valence-electron chi connectivity index (χ2n) is 3.91. The van der Waals surface area contributed by atoms with Gasteiger partial charge in [-0.1, -0.05) is 12.1 Å². The van der Waals surface area contributed by atoms with Crippen molar-refractivity contribution in [1.82, 2.24) is 5.32 Å². The zero-order valence-corrected chi connectivity index (χ0v) is 10.2. The Labute approximate surface area is 102 Å². The van der Waals surface area contributed by atoms with Crippen LogP contribution in [0.1, 0.15) is 18.4 Å². The Morgan fingerprint density at radius 3 is 3.00 bits per heavy atom. The van der Waals surface area contributed by atoms with Gasteiger partial charge >= 0.3 is 0 Å². The number of ether oxygens (including phenoxy) is 1. The molecule has 1 amide bonds. The van der Waals surface area contributed by atoms with Crippen LogP contribution in [0.3, 0.4) is 0 Å². The number of aryl methyl sites for hydroxylation is 1. The van der Waals surface area contributed by atoms with Gasteiger partial charge in [0.15, 0.2) is 0 Å². The quantitative estimate of drug-likeness (QED) is 0.700. The summed E-state index contributed by atoms with van der Waals surface area (Å²) in [7, 11) is 0. The second-order valence-corrected chi connectivity index (χ2v) is 3.91. The SMILES string of the molecule is Cc1cccc(OCCCC(=O)NCCN)c1. The van der Waals surface area contributed by atoms with E-state index in [0.717, 1.165) is 5.75 Å². The van der Waals surface area contributed by atoms with Crippen LogP contribution in [0.5, 0.6) is 5.75 Å². The maximum Gasteiger partial charge on any atom is 0.220 e. The Bertz CT molecular complexity index is 353. The summed E-state index contributed by atoms with van der Waals surface area (Å²) in [6.45, 7) is 3.59. The van der Waals surface area contributed by atoms with E-state index in [1.54, 1.807) is 0 Å². The molecule has 1 rings (SSSR count). The molecule has 17 heavy (non-hydrogen) atoms. The zero-order chi connectivity index (χ0) is 12.5. The summed E-state index contributed by atoms with van der Waals surface area (Å²) in [6, 6.07) is 7.88. The third-order valence-electron chi connectivity index (χ3n) is 2.27. The zero-order valence-electron chi connectivity index (χ0n) is 10.2. The second kappa shape index (κ2) is 7.68. The molecule has 0 radical (unpaired) electrons. The van der Waals surface area contributed by atoms with Gasteiger partial charge in [-0.05, 0) is 31.0 Å². The normalized spacial score (nSPS) is 10.0. The van der Waals surface area contributed by atoms with Gasteiger partial charge in [-0.2, -0.15) is 0 Å². The van der Waals surface area contributed by atoms with Crippen LogP contribution in [0.4, 0.5) is 0 Å². The van der Waals surface area contributed by atoms with E-state index in [-0.39, 0.29) is 5.91 Å². The molecule has 0 fully saturated rings. The van der Waals surface area contributed by atoms with Crippen molar-refractivity contribution in [3.05, 3.63) is 29.8 Å². The fourth-order valence-corrected chi connectivity index (χ4v) is 1.43. The van der Waals surface area contributed by atoms with Crippen molar-refractivity contribution in [3.63, 3.8) is 0 Å². The maximum absolute atomic E-state index is 11.2. The number of rotatable bonds is 7. The average Bonchev–Trinajstić information content (AvgIpc) is 2.32. The number of amides is 1. The first kappa shape index (κ1) is 13.5. The molecule has 94 valence electrons. The molecule has 4 heteroatoms. The molecule has 0 spiro atoms. The van der Waals surface area contributed by atoms with E-state index < -0.39 is 0 Å². The molecule has 0 aliphatic heterocycles. The van der Waals surface area contributed by atoms with E-state index >= 15 is 0 Å². The lowest BCUT2D eigenvalue weighted by Crippen LogP contribution is -2.29. The highest BCUT2D eigenvalue weighted by Crippen LogP contribution is 2.12. The highest BCUT2D eigenvalue weighted by molar-refractivity contribution is 5.75. The van der Waals surface area contributed by atoms with Crippen LogP contribution in [0.2, 0.25) is 0 Å². The summed E-state index contributed by atoms with van der Waals surface area (Å²) < 4.78 is 5.54. The molecule has 0 heterocycles. The minimum Gasteiger partial charge on any atom is -0.494 e. The average molecular weight is 236 g/mol. The third kappa shape index (κ3) is 5.92. The van der Waals surface area contributed by atoms with Crippen LogP contribution in [0.25, 0.3) is 0 Å². The van der Waals surface area contributed by atoms with Crippen LogP contribution >= 0.6 is 0 Å². The number of carbonyl (C=O) groups is 1. The van der Waals surface area contributed by atoms with Crippen molar-refractivity contribution in [2.75, 3.05) is 19.7 Å². The van der Waals surface area contributed by atoms with Crippen molar-refractivity contribution >= 4 is 5.91 Å². The Morgan fingerprint density at radius 2 is 2.29 bits per heavy atom. The van der Waals surface area contributed by atoms with Gasteiger partial charge in [0.1, 0.15) is 5.75 Å². The van der Waals surface area contributed by atoms with Crippen LogP contribution in [-0.4, -0.2) is 25.6 Å². The minimum atomic E-state index is 0.0308. The largest absolute Gasteiger partial charge is 0.494 e. The molecule has 0 unspecified atom stereocenters. The first-order valence-electron chi connectivity index (χ1n) is 5.88.